The number of rotatable bonds is 4. The summed E-state index contributed by atoms with van der Waals surface area (Å²) < 4.78 is 1.25. The van der Waals surface area contributed by atoms with Crippen molar-refractivity contribution in [2.45, 2.75) is 32.2 Å². The Kier molecular flexibility index (Phi) is 4.98. The van der Waals surface area contributed by atoms with Gasteiger partial charge in [-0.05, 0) is 24.3 Å². The maximum Gasteiger partial charge on any atom is 0.288 e. The predicted octanol–water partition coefficient (Wildman–Crippen LogP) is 2.52. The highest BCUT2D eigenvalue weighted by molar-refractivity contribution is 7.20. The van der Waals surface area contributed by atoms with Gasteiger partial charge in [0.2, 0.25) is 10.1 Å². The first-order valence-corrected chi connectivity index (χ1v) is 10.4. The van der Waals surface area contributed by atoms with E-state index in [1.165, 1.54) is 34.9 Å². The van der Waals surface area contributed by atoms with Crippen molar-refractivity contribution in [2.24, 2.45) is 0 Å². The SMILES string of the molecule is O=C(NCc1cccs1)c1cnc2sc(N3CCCCCC3)nn2c1=O. The van der Waals surface area contributed by atoms with E-state index in [-0.39, 0.29) is 5.56 Å². The zero-order valence-corrected chi connectivity index (χ0v) is 15.8. The molecule has 1 amide bonds. The number of nitrogens with zero attached hydrogens (tertiary/aromatic N) is 4. The maximum absolute atomic E-state index is 12.7. The van der Waals surface area contributed by atoms with Gasteiger partial charge in [-0.2, -0.15) is 4.52 Å². The molecule has 1 fully saturated rings. The van der Waals surface area contributed by atoms with Gasteiger partial charge in [0.25, 0.3) is 11.5 Å². The van der Waals surface area contributed by atoms with Crippen molar-refractivity contribution in [3.05, 3.63) is 44.5 Å². The zero-order chi connectivity index (χ0) is 17.9. The third kappa shape index (κ3) is 3.49. The Morgan fingerprint density at radius 3 is 2.77 bits per heavy atom. The fraction of sp³-hybridized carbons (Fsp3) is 0.412. The van der Waals surface area contributed by atoms with Gasteiger partial charge >= 0.3 is 0 Å². The molecular weight excluding hydrogens is 370 g/mol. The zero-order valence-electron chi connectivity index (χ0n) is 14.2. The number of hydrogen-bond acceptors (Lipinski definition) is 7. The van der Waals surface area contributed by atoms with Crippen LogP contribution in [0.5, 0.6) is 0 Å². The molecule has 0 spiro atoms. The topological polar surface area (TPSA) is 79.6 Å². The first-order valence-electron chi connectivity index (χ1n) is 8.67. The van der Waals surface area contributed by atoms with Crippen LogP contribution in [0.1, 0.15) is 40.9 Å². The van der Waals surface area contributed by atoms with Gasteiger partial charge in [-0.1, -0.05) is 30.2 Å². The van der Waals surface area contributed by atoms with Crippen LogP contribution in [0.4, 0.5) is 5.13 Å². The second kappa shape index (κ2) is 7.55. The van der Waals surface area contributed by atoms with Crippen molar-refractivity contribution >= 4 is 38.7 Å². The van der Waals surface area contributed by atoms with Crippen LogP contribution in [0, 0.1) is 0 Å². The van der Waals surface area contributed by atoms with E-state index in [0.29, 0.717) is 11.5 Å². The molecule has 7 nitrogen and oxygen atoms in total. The van der Waals surface area contributed by atoms with Gasteiger partial charge in [0.15, 0.2) is 0 Å². The lowest BCUT2D eigenvalue weighted by Crippen LogP contribution is -2.31. The minimum atomic E-state index is -0.422. The van der Waals surface area contributed by atoms with Gasteiger partial charge in [0.1, 0.15) is 5.56 Å². The molecule has 4 rings (SSSR count). The number of anilines is 1. The summed E-state index contributed by atoms with van der Waals surface area (Å²) in [6, 6.07) is 3.86. The van der Waals surface area contributed by atoms with Gasteiger partial charge in [0, 0.05) is 24.2 Å². The number of amides is 1. The Morgan fingerprint density at radius 2 is 2.04 bits per heavy atom. The number of hydrogen-bond donors (Lipinski definition) is 1. The Labute approximate surface area is 158 Å². The Hall–Kier alpha value is -2.26. The van der Waals surface area contributed by atoms with Crippen molar-refractivity contribution < 1.29 is 4.79 Å². The van der Waals surface area contributed by atoms with E-state index in [2.05, 4.69) is 20.3 Å². The third-order valence-electron chi connectivity index (χ3n) is 4.40. The lowest BCUT2D eigenvalue weighted by molar-refractivity contribution is 0.0949. The molecule has 0 atom stereocenters. The molecular formula is C17H19N5O2S2. The van der Waals surface area contributed by atoms with Crippen LogP contribution >= 0.6 is 22.7 Å². The summed E-state index contributed by atoms with van der Waals surface area (Å²) in [4.78, 5) is 33.1. The van der Waals surface area contributed by atoms with Crippen molar-refractivity contribution in [1.29, 1.82) is 0 Å². The number of nitrogens with one attached hydrogen (secondary N) is 1. The highest BCUT2D eigenvalue weighted by Crippen LogP contribution is 2.24. The van der Waals surface area contributed by atoms with Crippen LogP contribution in [0.3, 0.4) is 0 Å². The fourth-order valence-electron chi connectivity index (χ4n) is 3.00. The summed E-state index contributed by atoms with van der Waals surface area (Å²) >= 11 is 2.95. The van der Waals surface area contributed by atoms with E-state index in [9.17, 15) is 9.59 Å². The summed E-state index contributed by atoms with van der Waals surface area (Å²) in [7, 11) is 0. The summed E-state index contributed by atoms with van der Waals surface area (Å²) in [5.41, 5.74) is -0.400. The van der Waals surface area contributed by atoms with E-state index in [4.69, 9.17) is 0 Å². The van der Waals surface area contributed by atoms with E-state index >= 15 is 0 Å². The quantitative estimate of drug-likeness (QED) is 0.742. The minimum Gasteiger partial charge on any atom is -0.347 e. The molecule has 0 aromatic carbocycles. The molecule has 1 aliphatic rings. The average Bonchev–Trinajstić information content (AvgIpc) is 3.24. The van der Waals surface area contributed by atoms with Crippen LogP contribution < -0.4 is 15.8 Å². The molecule has 26 heavy (non-hydrogen) atoms. The molecule has 1 aliphatic heterocycles. The van der Waals surface area contributed by atoms with Gasteiger partial charge in [-0.3, -0.25) is 9.59 Å². The molecule has 0 unspecified atom stereocenters. The molecule has 0 saturated carbocycles. The van der Waals surface area contributed by atoms with E-state index < -0.39 is 11.5 Å². The first kappa shape index (κ1) is 17.2. The summed E-state index contributed by atoms with van der Waals surface area (Å²) in [5.74, 6) is -0.422. The van der Waals surface area contributed by atoms with Gasteiger partial charge < -0.3 is 10.2 Å². The molecule has 3 aromatic heterocycles. The second-order valence-electron chi connectivity index (χ2n) is 6.22. The fourth-order valence-corrected chi connectivity index (χ4v) is 4.55. The Bertz CT molecular complexity index is 955. The van der Waals surface area contributed by atoms with Crippen molar-refractivity contribution in [3.8, 4) is 0 Å². The Balaban J connectivity index is 1.57. The van der Waals surface area contributed by atoms with E-state index in [1.54, 1.807) is 11.3 Å². The molecule has 4 heterocycles. The van der Waals surface area contributed by atoms with E-state index in [0.717, 1.165) is 35.9 Å². The largest absolute Gasteiger partial charge is 0.347 e. The lowest BCUT2D eigenvalue weighted by Gasteiger charge is -2.17. The maximum atomic E-state index is 12.7. The molecule has 9 heteroatoms. The van der Waals surface area contributed by atoms with Gasteiger partial charge in [-0.15, -0.1) is 16.4 Å². The minimum absolute atomic E-state index is 0.0202. The molecule has 0 aliphatic carbocycles. The number of thiophene rings is 1. The standard InChI is InChI=1S/C17H19N5O2S2/c23-14(18-10-12-6-5-9-25-12)13-11-19-16-22(15(13)24)20-17(26-16)21-7-3-1-2-4-8-21/h5-6,9,11H,1-4,7-8,10H2,(H,18,23). The summed E-state index contributed by atoms with van der Waals surface area (Å²) in [6.07, 6.45) is 6.08. The number of carbonyl (C=O) groups excluding carboxylic acids is 1. The monoisotopic (exact) mass is 389 g/mol. The van der Waals surface area contributed by atoms with E-state index in [1.807, 2.05) is 17.5 Å². The molecule has 1 saturated heterocycles. The van der Waals surface area contributed by atoms with Crippen LogP contribution in [0.25, 0.3) is 4.96 Å². The normalized spacial score (nSPS) is 15.2. The molecule has 1 N–H and O–H groups in total. The average molecular weight is 390 g/mol. The van der Waals surface area contributed by atoms with Crippen LogP contribution in [0.15, 0.2) is 28.5 Å². The highest BCUT2D eigenvalue weighted by atomic mass is 32.1. The number of aromatic nitrogens is 3. The van der Waals surface area contributed by atoms with Gasteiger partial charge in [-0.25, -0.2) is 4.98 Å². The third-order valence-corrected chi connectivity index (χ3v) is 6.26. The molecule has 136 valence electrons. The summed E-state index contributed by atoms with van der Waals surface area (Å²) in [6.45, 7) is 2.29. The number of fused-ring (bicyclic) bond motifs is 1. The smallest absolute Gasteiger partial charge is 0.288 e. The Morgan fingerprint density at radius 1 is 1.23 bits per heavy atom. The van der Waals surface area contributed by atoms with Crippen LogP contribution in [0.2, 0.25) is 0 Å². The second-order valence-corrected chi connectivity index (χ2v) is 8.19. The number of carbonyl (C=O) groups is 1. The molecule has 0 bridgehead atoms. The van der Waals surface area contributed by atoms with Crippen molar-refractivity contribution in [3.63, 3.8) is 0 Å². The summed E-state index contributed by atoms with van der Waals surface area (Å²) in [5, 5.41) is 9.95. The lowest BCUT2D eigenvalue weighted by atomic mass is 10.2. The molecule has 3 aromatic rings. The first-order chi connectivity index (χ1) is 12.7. The van der Waals surface area contributed by atoms with Gasteiger partial charge in [0.05, 0.1) is 6.54 Å². The highest BCUT2D eigenvalue weighted by Gasteiger charge is 2.19. The predicted molar refractivity (Wildman–Crippen MR) is 103 cm³/mol. The van der Waals surface area contributed by atoms with Crippen LogP contribution in [-0.4, -0.2) is 33.6 Å². The van der Waals surface area contributed by atoms with Crippen molar-refractivity contribution in [2.75, 3.05) is 18.0 Å². The van der Waals surface area contributed by atoms with Crippen molar-refractivity contribution in [1.82, 2.24) is 19.9 Å². The molecule has 0 radical (unpaired) electrons. The van der Waals surface area contributed by atoms with Crippen LogP contribution in [-0.2, 0) is 6.54 Å².